The highest BCUT2D eigenvalue weighted by Gasteiger charge is 2.60. The Labute approximate surface area is 143 Å². The number of carbonyl (C=O) groups excluding carboxylic acids is 1. The Morgan fingerprint density at radius 3 is 2.48 bits per heavy atom. The molecule has 4 rings (SSSR count). The van der Waals surface area contributed by atoms with Gasteiger partial charge in [-0.15, -0.1) is 0 Å². The normalized spacial score (nSPS) is 48.7. The molecule has 130 valence electrons. The molecule has 4 saturated carbocycles. The number of Topliss-reactive ketones (excluding diaryl/α,β-unsaturated/α-hetero) is 1. The van der Waals surface area contributed by atoms with E-state index in [0.29, 0.717) is 17.1 Å². The number of rotatable bonds is 0. The van der Waals surface area contributed by atoms with Crippen LogP contribution < -0.4 is 0 Å². The third kappa shape index (κ3) is 2.36. The molecular weight excluding hydrogens is 280 g/mol. The van der Waals surface area contributed by atoms with Crippen LogP contribution in [0.4, 0.5) is 0 Å². The summed E-state index contributed by atoms with van der Waals surface area (Å²) in [5.41, 5.74) is 2.03. The first-order valence-electron chi connectivity index (χ1n) is 10.2. The average Bonchev–Trinajstić information content (AvgIpc) is 2.85. The minimum atomic E-state index is 0.0132. The van der Waals surface area contributed by atoms with Gasteiger partial charge in [-0.3, -0.25) is 4.79 Å². The van der Waals surface area contributed by atoms with E-state index in [-0.39, 0.29) is 5.41 Å². The molecule has 0 aromatic heterocycles. The molecule has 0 aromatic rings. The minimum Gasteiger partial charge on any atom is -0.299 e. The summed E-state index contributed by atoms with van der Waals surface area (Å²) in [6.45, 7) is 13.4. The fourth-order valence-electron chi connectivity index (χ4n) is 7.08. The zero-order valence-electron chi connectivity index (χ0n) is 15.8. The minimum absolute atomic E-state index is 0.0132. The van der Waals surface area contributed by atoms with Gasteiger partial charge in [0.05, 0.1) is 0 Å². The highest BCUT2D eigenvalue weighted by Crippen LogP contribution is 2.66. The van der Waals surface area contributed by atoms with Gasteiger partial charge in [0.2, 0.25) is 0 Å². The van der Waals surface area contributed by atoms with Crippen molar-refractivity contribution in [1.82, 2.24) is 0 Å². The van der Waals surface area contributed by atoms with Crippen molar-refractivity contribution in [3.05, 3.63) is 12.2 Å². The molecule has 1 heteroatoms. The number of ketones is 1. The summed E-state index contributed by atoms with van der Waals surface area (Å²) in [6, 6.07) is 0. The SMILES string of the molecule is C=C1CC2C(CC[C@]3(C)C(=O)CCC23)[C@@]2(C)CCCCC12.CC. The second-order valence-corrected chi connectivity index (χ2v) is 8.96. The maximum absolute atomic E-state index is 12.4. The van der Waals surface area contributed by atoms with E-state index in [1.165, 1.54) is 44.1 Å². The van der Waals surface area contributed by atoms with Gasteiger partial charge in [0.1, 0.15) is 5.78 Å². The Hall–Kier alpha value is -0.590. The number of allylic oxidation sites excluding steroid dienone is 1. The molecule has 4 aliphatic rings. The molecule has 4 fully saturated rings. The predicted molar refractivity (Wildman–Crippen MR) is 97.2 cm³/mol. The van der Waals surface area contributed by atoms with Crippen molar-refractivity contribution in [1.29, 1.82) is 0 Å². The lowest BCUT2D eigenvalue weighted by atomic mass is 9.44. The van der Waals surface area contributed by atoms with Crippen LogP contribution in [-0.4, -0.2) is 5.78 Å². The van der Waals surface area contributed by atoms with Gasteiger partial charge in [0.25, 0.3) is 0 Å². The predicted octanol–water partition coefficient (Wildman–Crippen LogP) is 6.18. The molecule has 0 heterocycles. The number of carbonyl (C=O) groups is 1. The standard InChI is InChI=1S/C20H30O.C2H6/c1-13-12-14-16-7-8-18(21)20(16,3)11-9-17(14)19(2)10-5-4-6-15(13)19;1-2/h14-17H,1,4-12H2,2-3H3;1-2H3/t14?,15?,16?,17?,19-,20-;/m0./s1. The van der Waals surface area contributed by atoms with E-state index in [4.69, 9.17) is 0 Å². The molecule has 0 bridgehead atoms. The molecule has 0 saturated heterocycles. The van der Waals surface area contributed by atoms with Gasteiger partial charge in [-0.05, 0) is 67.6 Å². The van der Waals surface area contributed by atoms with Crippen LogP contribution in [0.15, 0.2) is 12.2 Å². The molecule has 0 aromatic carbocycles. The second-order valence-electron chi connectivity index (χ2n) is 8.96. The highest BCUT2D eigenvalue weighted by atomic mass is 16.1. The van der Waals surface area contributed by atoms with Crippen LogP contribution in [-0.2, 0) is 4.79 Å². The summed E-state index contributed by atoms with van der Waals surface area (Å²) < 4.78 is 0. The quantitative estimate of drug-likeness (QED) is 0.488. The Balaban J connectivity index is 0.000000753. The molecule has 1 nitrogen and oxygen atoms in total. The van der Waals surface area contributed by atoms with E-state index in [2.05, 4.69) is 20.4 Å². The molecule has 0 spiro atoms. The van der Waals surface area contributed by atoms with E-state index in [9.17, 15) is 4.79 Å². The monoisotopic (exact) mass is 316 g/mol. The Morgan fingerprint density at radius 1 is 1.00 bits per heavy atom. The smallest absolute Gasteiger partial charge is 0.139 e. The van der Waals surface area contributed by atoms with Gasteiger partial charge in [0, 0.05) is 11.8 Å². The number of hydrogen-bond donors (Lipinski definition) is 0. The van der Waals surface area contributed by atoms with E-state index >= 15 is 0 Å². The summed E-state index contributed by atoms with van der Waals surface area (Å²) in [7, 11) is 0. The Kier molecular flexibility index (Phi) is 4.53. The first-order valence-corrected chi connectivity index (χ1v) is 10.2. The van der Waals surface area contributed by atoms with Crippen molar-refractivity contribution in [3.63, 3.8) is 0 Å². The first-order chi connectivity index (χ1) is 11.0. The maximum Gasteiger partial charge on any atom is 0.139 e. The van der Waals surface area contributed by atoms with E-state index in [0.717, 1.165) is 37.0 Å². The summed E-state index contributed by atoms with van der Waals surface area (Å²) >= 11 is 0. The lowest BCUT2D eigenvalue weighted by Gasteiger charge is -2.60. The van der Waals surface area contributed by atoms with Crippen molar-refractivity contribution in [3.8, 4) is 0 Å². The molecule has 4 aliphatic carbocycles. The fraction of sp³-hybridized carbons (Fsp3) is 0.864. The zero-order chi connectivity index (χ0) is 16.8. The Morgan fingerprint density at radius 2 is 1.74 bits per heavy atom. The maximum atomic E-state index is 12.4. The van der Waals surface area contributed by atoms with Crippen LogP contribution in [0.1, 0.15) is 85.5 Å². The van der Waals surface area contributed by atoms with Crippen molar-refractivity contribution in [2.24, 2.45) is 34.5 Å². The third-order valence-corrected chi connectivity index (χ3v) is 8.24. The van der Waals surface area contributed by atoms with Gasteiger partial charge in [-0.25, -0.2) is 0 Å². The fourth-order valence-corrected chi connectivity index (χ4v) is 7.08. The number of fused-ring (bicyclic) bond motifs is 5. The van der Waals surface area contributed by atoms with Crippen LogP contribution in [0.3, 0.4) is 0 Å². The molecule has 0 amide bonds. The van der Waals surface area contributed by atoms with Gasteiger partial charge >= 0.3 is 0 Å². The topological polar surface area (TPSA) is 17.1 Å². The van der Waals surface area contributed by atoms with E-state index < -0.39 is 0 Å². The Bertz CT molecular complexity index is 492. The van der Waals surface area contributed by atoms with Gasteiger partial charge in [0.15, 0.2) is 0 Å². The highest BCUT2D eigenvalue weighted by molar-refractivity contribution is 5.87. The van der Waals surface area contributed by atoms with Gasteiger partial charge < -0.3 is 0 Å². The van der Waals surface area contributed by atoms with Gasteiger partial charge in [-0.1, -0.05) is 52.7 Å². The van der Waals surface area contributed by atoms with Crippen LogP contribution in [0.25, 0.3) is 0 Å². The molecule has 6 atom stereocenters. The van der Waals surface area contributed by atoms with Crippen molar-refractivity contribution < 1.29 is 4.79 Å². The molecule has 0 aliphatic heterocycles. The first kappa shape index (κ1) is 17.2. The molecule has 0 radical (unpaired) electrons. The lowest BCUT2D eigenvalue weighted by molar-refractivity contribution is -0.135. The molecular formula is C22H36O. The van der Waals surface area contributed by atoms with Crippen molar-refractivity contribution in [2.45, 2.75) is 85.5 Å². The van der Waals surface area contributed by atoms with Crippen LogP contribution in [0.5, 0.6) is 0 Å². The summed E-state index contributed by atoms with van der Waals surface area (Å²) in [5.74, 6) is 3.60. The molecule has 0 N–H and O–H groups in total. The van der Waals surface area contributed by atoms with E-state index in [1.54, 1.807) is 0 Å². The summed E-state index contributed by atoms with van der Waals surface area (Å²) in [6.07, 6.45) is 11.3. The lowest BCUT2D eigenvalue weighted by Crippen LogP contribution is -2.53. The summed E-state index contributed by atoms with van der Waals surface area (Å²) in [4.78, 5) is 12.4. The van der Waals surface area contributed by atoms with Crippen LogP contribution in [0.2, 0.25) is 0 Å². The van der Waals surface area contributed by atoms with Gasteiger partial charge in [-0.2, -0.15) is 0 Å². The van der Waals surface area contributed by atoms with Crippen LogP contribution >= 0.6 is 0 Å². The van der Waals surface area contributed by atoms with Crippen molar-refractivity contribution >= 4 is 5.78 Å². The molecule has 23 heavy (non-hydrogen) atoms. The number of hydrogen-bond acceptors (Lipinski definition) is 1. The third-order valence-electron chi connectivity index (χ3n) is 8.24. The summed E-state index contributed by atoms with van der Waals surface area (Å²) in [5, 5.41) is 0. The second kappa shape index (κ2) is 6.05. The van der Waals surface area contributed by atoms with E-state index in [1.807, 2.05) is 13.8 Å². The molecule has 4 unspecified atom stereocenters. The largest absolute Gasteiger partial charge is 0.299 e. The zero-order valence-corrected chi connectivity index (χ0v) is 15.8. The average molecular weight is 317 g/mol. The van der Waals surface area contributed by atoms with Crippen molar-refractivity contribution in [2.75, 3.05) is 0 Å². The van der Waals surface area contributed by atoms with Crippen LogP contribution in [0, 0.1) is 34.5 Å².